The van der Waals surface area contributed by atoms with Gasteiger partial charge in [0, 0.05) is 4.83 Å². The Balaban J connectivity index is 2.12. The molecule has 2 atom stereocenters. The number of hydrogen-bond acceptors (Lipinski definition) is 2. The molecule has 2 rings (SSSR count). The fourth-order valence-electron chi connectivity index (χ4n) is 2.07. The van der Waals surface area contributed by atoms with E-state index >= 15 is 0 Å². The highest BCUT2D eigenvalue weighted by Crippen LogP contribution is 2.31. The lowest BCUT2D eigenvalue weighted by atomic mass is 9.89. The normalized spacial score (nSPS) is 21.3. The van der Waals surface area contributed by atoms with Gasteiger partial charge in [0.2, 0.25) is 0 Å². The molecule has 0 saturated carbocycles. The molecular formula is C13H17BrO2. The number of benzene rings is 1. The summed E-state index contributed by atoms with van der Waals surface area (Å²) in [7, 11) is 0. The fourth-order valence-corrected chi connectivity index (χ4v) is 2.20. The SMILES string of the molecule is CC(Br)COc1ccc2c(c1)CCCC2O. The summed E-state index contributed by atoms with van der Waals surface area (Å²) in [5, 5.41) is 9.82. The Morgan fingerprint density at radius 2 is 2.38 bits per heavy atom. The van der Waals surface area contributed by atoms with E-state index in [-0.39, 0.29) is 6.10 Å². The van der Waals surface area contributed by atoms with Crippen LogP contribution >= 0.6 is 15.9 Å². The number of fused-ring (bicyclic) bond motifs is 1. The Hall–Kier alpha value is -0.540. The number of hydrogen-bond donors (Lipinski definition) is 1. The molecule has 3 heteroatoms. The largest absolute Gasteiger partial charge is 0.492 e. The number of rotatable bonds is 3. The van der Waals surface area contributed by atoms with Gasteiger partial charge in [0.1, 0.15) is 12.4 Å². The second-order valence-electron chi connectivity index (χ2n) is 4.36. The zero-order chi connectivity index (χ0) is 11.5. The van der Waals surface area contributed by atoms with Crippen LogP contribution in [0.15, 0.2) is 18.2 Å². The number of aliphatic hydroxyl groups excluding tert-OH is 1. The minimum Gasteiger partial charge on any atom is -0.492 e. The van der Waals surface area contributed by atoms with Gasteiger partial charge in [-0.05, 0) is 49.4 Å². The van der Waals surface area contributed by atoms with Crippen molar-refractivity contribution in [3.8, 4) is 5.75 Å². The van der Waals surface area contributed by atoms with Crippen molar-refractivity contribution in [2.45, 2.75) is 37.1 Å². The molecule has 1 aromatic carbocycles. The lowest BCUT2D eigenvalue weighted by molar-refractivity contribution is 0.156. The van der Waals surface area contributed by atoms with Crippen LogP contribution in [0.3, 0.4) is 0 Å². The monoisotopic (exact) mass is 284 g/mol. The van der Waals surface area contributed by atoms with Crippen molar-refractivity contribution in [2.24, 2.45) is 0 Å². The Bertz CT molecular complexity index is 363. The van der Waals surface area contributed by atoms with Gasteiger partial charge in [0.15, 0.2) is 0 Å². The quantitative estimate of drug-likeness (QED) is 0.864. The van der Waals surface area contributed by atoms with Crippen molar-refractivity contribution < 1.29 is 9.84 Å². The minimum absolute atomic E-state index is 0.284. The molecule has 0 heterocycles. The summed E-state index contributed by atoms with van der Waals surface area (Å²) in [6.07, 6.45) is 2.71. The molecule has 88 valence electrons. The van der Waals surface area contributed by atoms with Crippen LogP contribution in [0.1, 0.15) is 37.0 Å². The summed E-state index contributed by atoms with van der Waals surface area (Å²) >= 11 is 3.45. The number of ether oxygens (including phenoxy) is 1. The van der Waals surface area contributed by atoms with E-state index in [0.29, 0.717) is 11.4 Å². The van der Waals surface area contributed by atoms with E-state index < -0.39 is 0 Å². The average Bonchev–Trinajstić information content (AvgIpc) is 2.26. The van der Waals surface area contributed by atoms with Crippen LogP contribution < -0.4 is 4.74 Å². The molecule has 1 N–H and O–H groups in total. The third kappa shape index (κ3) is 2.77. The van der Waals surface area contributed by atoms with Crippen LogP contribution in [-0.2, 0) is 6.42 Å². The van der Waals surface area contributed by atoms with E-state index in [4.69, 9.17) is 4.74 Å². The molecule has 0 spiro atoms. The second kappa shape index (κ2) is 5.19. The summed E-state index contributed by atoms with van der Waals surface area (Å²) < 4.78 is 5.64. The molecule has 0 aromatic heterocycles. The van der Waals surface area contributed by atoms with Crippen molar-refractivity contribution in [2.75, 3.05) is 6.61 Å². The number of alkyl halides is 1. The molecule has 0 radical (unpaired) electrons. The fraction of sp³-hybridized carbons (Fsp3) is 0.538. The smallest absolute Gasteiger partial charge is 0.119 e. The highest BCUT2D eigenvalue weighted by atomic mass is 79.9. The zero-order valence-corrected chi connectivity index (χ0v) is 11.0. The van der Waals surface area contributed by atoms with Crippen molar-refractivity contribution in [1.29, 1.82) is 0 Å². The van der Waals surface area contributed by atoms with Gasteiger partial charge in [-0.2, -0.15) is 0 Å². The molecule has 1 aromatic rings. The number of halogens is 1. The first-order chi connectivity index (χ1) is 7.66. The second-order valence-corrected chi connectivity index (χ2v) is 5.92. The van der Waals surface area contributed by atoms with Crippen molar-refractivity contribution in [1.82, 2.24) is 0 Å². The third-order valence-electron chi connectivity index (χ3n) is 2.88. The van der Waals surface area contributed by atoms with Gasteiger partial charge < -0.3 is 9.84 Å². The lowest BCUT2D eigenvalue weighted by Gasteiger charge is -2.22. The highest BCUT2D eigenvalue weighted by molar-refractivity contribution is 9.09. The number of aryl methyl sites for hydroxylation is 1. The maximum Gasteiger partial charge on any atom is 0.119 e. The molecule has 2 unspecified atom stereocenters. The maximum absolute atomic E-state index is 9.82. The molecule has 0 aliphatic heterocycles. The Kier molecular flexibility index (Phi) is 3.87. The van der Waals surface area contributed by atoms with Crippen LogP contribution in [0.5, 0.6) is 5.75 Å². The summed E-state index contributed by atoms with van der Waals surface area (Å²) in [4.78, 5) is 0.356. The van der Waals surface area contributed by atoms with Crippen molar-refractivity contribution in [3.63, 3.8) is 0 Å². The van der Waals surface area contributed by atoms with Crippen LogP contribution in [0.2, 0.25) is 0 Å². The molecule has 2 nitrogen and oxygen atoms in total. The predicted octanol–water partition coefficient (Wildman–Crippen LogP) is 3.22. The maximum atomic E-state index is 9.82. The third-order valence-corrected chi connectivity index (χ3v) is 3.14. The first-order valence-corrected chi connectivity index (χ1v) is 6.66. The molecule has 0 amide bonds. The van der Waals surface area contributed by atoms with E-state index in [1.54, 1.807) is 0 Å². The van der Waals surface area contributed by atoms with Crippen LogP contribution in [0.4, 0.5) is 0 Å². The molecule has 16 heavy (non-hydrogen) atoms. The average molecular weight is 285 g/mol. The van der Waals surface area contributed by atoms with Crippen LogP contribution in [-0.4, -0.2) is 16.5 Å². The van der Waals surface area contributed by atoms with E-state index in [1.165, 1.54) is 5.56 Å². The van der Waals surface area contributed by atoms with E-state index in [1.807, 2.05) is 12.1 Å². The minimum atomic E-state index is -0.284. The van der Waals surface area contributed by atoms with Gasteiger partial charge in [-0.1, -0.05) is 22.0 Å². The molecular weight excluding hydrogens is 268 g/mol. The van der Waals surface area contributed by atoms with Gasteiger partial charge in [0.25, 0.3) is 0 Å². The summed E-state index contributed by atoms with van der Waals surface area (Å²) in [6, 6.07) is 6.00. The molecule has 0 saturated heterocycles. The standard InChI is InChI=1S/C13H17BrO2/c1-9(14)8-16-11-5-6-12-10(7-11)3-2-4-13(12)15/h5-7,9,13,15H,2-4,8H2,1H3. The summed E-state index contributed by atoms with van der Waals surface area (Å²) in [5.74, 6) is 0.902. The topological polar surface area (TPSA) is 29.5 Å². The van der Waals surface area contributed by atoms with E-state index in [0.717, 1.165) is 30.6 Å². The Labute approximate surface area is 105 Å². The predicted molar refractivity (Wildman–Crippen MR) is 68.2 cm³/mol. The lowest BCUT2D eigenvalue weighted by Crippen LogP contribution is -2.11. The van der Waals surface area contributed by atoms with E-state index in [9.17, 15) is 5.11 Å². The van der Waals surface area contributed by atoms with Gasteiger partial charge >= 0.3 is 0 Å². The molecule has 0 bridgehead atoms. The summed E-state index contributed by atoms with van der Waals surface area (Å²) in [5.41, 5.74) is 2.31. The van der Waals surface area contributed by atoms with Gasteiger partial charge in [0.05, 0.1) is 6.10 Å². The molecule has 1 aliphatic carbocycles. The first kappa shape index (κ1) is 11.9. The highest BCUT2D eigenvalue weighted by Gasteiger charge is 2.18. The van der Waals surface area contributed by atoms with Gasteiger partial charge in [-0.3, -0.25) is 0 Å². The van der Waals surface area contributed by atoms with Gasteiger partial charge in [-0.15, -0.1) is 0 Å². The Morgan fingerprint density at radius 3 is 3.12 bits per heavy atom. The van der Waals surface area contributed by atoms with Crippen LogP contribution in [0, 0.1) is 0 Å². The van der Waals surface area contributed by atoms with E-state index in [2.05, 4.69) is 28.9 Å². The molecule has 0 fully saturated rings. The van der Waals surface area contributed by atoms with Crippen molar-refractivity contribution in [3.05, 3.63) is 29.3 Å². The first-order valence-electron chi connectivity index (χ1n) is 5.74. The zero-order valence-electron chi connectivity index (χ0n) is 9.45. The molecule has 1 aliphatic rings. The Morgan fingerprint density at radius 1 is 1.56 bits per heavy atom. The number of aliphatic hydroxyl groups is 1. The van der Waals surface area contributed by atoms with Gasteiger partial charge in [-0.25, -0.2) is 0 Å². The van der Waals surface area contributed by atoms with Crippen LogP contribution in [0.25, 0.3) is 0 Å². The summed E-state index contributed by atoms with van der Waals surface area (Å²) in [6.45, 7) is 2.73. The van der Waals surface area contributed by atoms with Crippen molar-refractivity contribution >= 4 is 15.9 Å².